The highest BCUT2D eigenvalue weighted by Crippen LogP contribution is 2.36. The van der Waals surface area contributed by atoms with Crippen molar-refractivity contribution in [2.45, 2.75) is 18.7 Å². The van der Waals surface area contributed by atoms with Crippen LogP contribution >= 0.6 is 11.6 Å². The Morgan fingerprint density at radius 3 is 2.46 bits per heavy atom. The maximum absolute atomic E-state index is 13.7. The predicted octanol–water partition coefficient (Wildman–Crippen LogP) is 4.51. The van der Waals surface area contributed by atoms with Crippen LogP contribution in [-0.4, -0.2) is 60.1 Å². The minimum Gasteiger partial charge on any atom is -0.438 e. The Bertz CT molecular complexity index is 1300. The largest absolute Gasteiger partial charge is 0.438 e. The highest BCUT2D eigenvalue weighted by Gasteiger charge is 2.48. The van der Waals surface area contributed by atoms with E-state index in [9.17, 15) is 14.4 Å². The highest BCUT2D eigenvalue weighted by atomic mass is 35.5. The van der Waals surface area contributed by atoms with E-state index in [1.165, 1.54) is 4.90 Å². The summed E-state index contributed by atoms with van der Waals surface area (Å²) < 4.78 is 11.2. The lowest BCUT2D eigenvalue weighted by Crippen LogP contribution is -2.51. The summed E-state index contributed by atoms with van der Waals surface area (Å²) in [7, 11) is 0. The fraction of sp³-hybridized carbons (Fsp3) is 0.250. The smallest absolute Gasteiger partial charge is 0.411 e. The molecular formula is C28H26ClN3O5. The number of hydrogen-bond acceptors (Lipinski definition) is 5. The third-order valence-electron chi connectivity index (χ3n) is 6.42. The Kier molecular flexibility index (Phi) is 7.39. The van der Waals surface area contributed by atoms with Gasteiger partial charge in [0.05, 0.1) is 19.8 Å². The number of carbonyl (C=O) groups excluding carboxylic acids is 3. The summed E-state index contributed by atoms with van der Waals surface area (Å²) >= 11 is 6.02. The second-order valence-electron chi connectivity index (χ2n) is 8.89. The van der Waals surface area contributed by atoms with Crippen LogP contribution in [0.5, 0.6) is 0 Å². The van der Waals surface area contributed by atoms with Crippen molar-refractivity contribution in [3.8, 4) is 0 Å². The summed E-state index contributed by atoms with van der Waals surface area (Å²) in [4.78, 5) is 42.7. The first-order valence-electron chi connectivity index (χ1n) is 12.0. The Morgan fingerprint density at radius 1 is 0.946 bits per heavy atom. The molecule has 1 N–H and O–H groups in total. The fourth-order valence-electron chi connectivity index (χ4n) is 4.57. The van der Waals surface area contributed by atoms with Crippen LogP contribution in [0.2, 0.25) is 5.02 Å². The van der Waals surface area contributed by atoms with E-state index in [0.29, 0.717) is 48.1 Å². The molecule has 0 saturated carbocycles. The molecule has 2 aliphatic heterocycles. The number of morpholine rings is 1. The average molecular weight is 520 g/mol. The SMILES string of the molecule is O=C(Nc1cccc(C2OC(=O)N(Cc3ccccc3)C2C(=O)N2CCOCC2)c1)c1cccc(Cl)c1. The molecule has 2 atom stereocenters. The molecule has 0 bridgehead atoms. The third-order valence-corrected chi connectivity index (χ3v) is 6.65. The number of amides is 3. The molecule has 0 aromatic heterocycles. The third kappa shape index (κ3) is 5.60. The minimum absolute atomic E-state index is 0.191. The van der Waals surface area contributed by atoms with E-state index in [1.807, 2.05) is 30.3 Å². The lowest BCUT2D eigenvalue weighted by Gasteiger charge is -2.33. The molecule has 0 radical (unpaired) electrons. The fourth-order valence-corrected chi connectivity index (χ4v) is 4.76. The van der Waals surface area contributed by atoms with Gasteiger partial charge in [-0.3, -0.25) is 14.5 Å². The molecular weight excluding hydrogens is 494 g/mol. The molecule has 2 saturated heterocycles. The molecule has 2 heterocycles. The van der Waals surface area contributed by atoms with E-state index in [2.05, 4.69) is 5.32 Å². The molecule has 8 nitrogen and oxygen atoms in total. The Morgan fingerprint density at radius 2 is 1.70 bits per heavy atom. The van der Waals surface area contributed by atoms with Crippen molar-refractivity contribution in [2.24, 2.45) is 0 Å². The number of ether oxygens (including phenoxy) is 2. The number of cyclic esters (lactones) is 1. The maximum Gasteiger partial charge on any atom is 0.411 e. The van der Waals surface area contributed by atoms with Gasteiger partial charge in [0.15, 0.2) is 12.1 Å². The monoisotopic (exact) mass is 519 g/mol. The van der Waals surface area contributed by atoms with Crippen molar-refractivity contribution >= 4 is 35.2 Å². The number of halogens is 1. The van der Waals surface area contributed by atoms with Crippen LogP contribution in [0.3, 0.4) is 0 Å². The highest BCUT2D eigenvalue weighted by molar-refractivity contribution is 6.31. The van der Waals surface area contributed by atoms with E-state index in [1.54, 1.807) is 53.4 Å². The average Bonchev–Trinajstić information content (AvgIpc) is 3.25. The molecule has 5 rings (SSSR count). The lowest BCUT2D eigenvalue weighted by molar-refractivity contribution is -0.141. The van der Waals surface area contributed by atoms with E-state index < -0.39 is 18.2 Å². The Labute approximate surface area is 219 Å². The molecule has 0 spiro atoms. The maximum atomic E-state index is 13.7. The first-order chi connectivity index (χ1) is 18.0. The topological polar surface area (TPSA) is 88.2 Å². The van der Waals surface area contributed by atoms with Crippen LogP contribution < -0.4 is 5.32 Å². The molecule has 3 aromatic rings. The van der Waals surface area contributed by atoms with Crippen molar-refractivity contribution in [1.82, 2.24) is 9.80 Å². The van der Waals surface area contributed by atoms with Crippen LogP contribution in [0.4, 0.5) is 10.5 Å². The van der Waals surface area contributed by atoms with E-state index in [0.717, 1.165) is 5.56 Å². The second kappa shape index (κ2) is 11.0. The van der Waals surface area contributed by atoms with Crippen molar-refractivity contribution < 1.29 is 23.9 Å². The molecule has 3 amide bonds. The van der Waals surface area contributed by atoms with Crippen LogP contribution in [0, 0.1) is 0 Å². The van der Waals surface area contributed by atoms with Gasteiger partial charge < -0.3 is 19.7 Å². The summed E-state index contributed by atoms with van der Waals surface area (Å²) in [5.74, 6) is -0.516. The van der Waals surface area contributed by atoms with Gasteiger partial charge in [-0.1, -0.05) is 60.1 Å². The van der Waals surface area contributed by atoms with Gasteiger partial charge in [-0.25, -0.2) is 4.79 Å². The van der Waals surface area contributed by atoms with Crippen LogP contribution in [0.25, 0.3) is 0 Å². The van der Waals surface area contributed by atoms with Gasteiger partial charge in [-0.15, -0.1) is 0 Å². The molecule has 190 valence electrons. The normalized spacial score (nSPS) is 19.4. The lowest BCUT2D eigenvalue weighted by atomic mass is 9.99. The van der Waals surface area contributed by atoms with Crippen molar-refractivity contribution in [2.75, 3.05) is 31.6 Å². The number of hydrogen-bond donors (Lipinski definition) is 1. The van der Waals surface area contributed by atoms with Crippen LogP contribution in [0.1, 0.15) is 27.6 Å². The van der Waals surface area contributed by atoms with E-state index >= 15 is 0 Å². The zero-order valence-electron chi connectivity index (χ0n) is 20.0. The summed E-state index contributed by atoms with van der Waals surface area (Å²) in [6.07, 6.45) is -1.40. The zero-order valence-corrected chi connectivity index (χ0v) is 20.8. The number of nitrogens with one attached hydrogen (secondary N) is 1. The predicted molar refractivity (Wildman–Crippen MR) is 138 cm³/mol. The first kappa shape index (κ1) is 24.8. The van der Waals surface area contributed by atoms with Crippen molar-refractivity contribution in [3.63, 3.8) is 0 Å². The van der Waals surface area contributed by atoms with Gasteiger partial charge in [-0.2, -0.15) is 0 Å². The molecule has 9 heteroatoms. The quantitative estimate of drug-likeness (QED) is 0.517. The molecule has 0 aliphatic carbocycles. The first-order valence-corrected chi connectivity index (χ1v) is 12.4. The van der Waals surface area contributed by atoms with Gasteiger partial charge in [-0.05, 0) is 41.5 Å². The molecule has 37 heavy (non-hydrogen) atoms. The number of anilines is 1. The van der Waals surface area contributed by atoms with Gasteiger partial charge in [0, 0.05) is 29.4 Å². The van der Waals surface area contributed by atoms with Crippen molar-refractivity contribution in [3.05, 3.63) is 101 Å². The van der Waals surface area contributed by atoms with Gasteiger partial charge in [0.2, 0.25) is 5.91 Å². The zero-order chi connectivity index (χ0) is 25.8. The standard InChI is InChI=1S/C28H26ClN3O5/c29-22-10-4-9-21(16-22)26(33)30-23-11-5-8-20(17-23)25-24(27(34)31-12-14-36-15-13-31)32(28(35)37-25)18-19-6-2-1-3-7-19/h1-11,16-17,24-25H,12-15,18H2,(H,30,33). The van der Waals surface area contributed by atoms with Gasteiger partial charge in [0.1, 0.15) is 0 Å². The summed E-state index contributed by atoms with van der Waals surface area (Å²) in [6, 6.07) is 22.3. The Hall–Kier alpha value is -3.88. The van der Waals surface area contributed by atoms with Gasteiger partial charge >= 0.3 is 6.09 Å². The molecule has 2 aliphatic rings. The number of rotatable bonds is 6. The Balaban J connectivity index is 1.43. The number of benzene rings is 3. The molecule has 3 aromatic carbocycles. The summed E-state index contributed by atoms with van der Waals surface area (Å²) in [5.41, 5.74) is 2.43. The minimum atomic E-state index is -0.857. The summed E-state index contributed by atoms with van der Waals surface area (Å²) in [6.45, 7) is 2.03. The number of nitrogens with zero attached hydrogens (tertiary/aromatic N) is 2. The summed E-state index contributed by atoms with van der Waals surface area (Å²) in [5, 5.41) is 3.32. The van der Waals surface area contributed by atoms with E-state index in [4.69, 9.17) is 21.1 Å². The van der Waals surface area contributed by atoms with Crippen molar-refractivity contribution in [1.29, 1.82) is 0 Å². The number of carbonyl (C=O) groups is 3. The van der Waals surface area contributed by atoms with Crippen LogP contribution in [-0.2, 0) is 20.8 Å². The second-order valence-corrected chi connectivity index (χ2v) is 9.33. The molecule has 2 unspecified atom stereocenters. The molecule has 2 fully saturated rings. The van der Waals surface area contributed by atoms with Gasteiger partial charge in [0.25, 0.3) is 5.91 Å². The van der Waals surface area contributed by atoms with Crippen LogP contribution in [0.15, 0.2) is 78.9 Å². The van der Waals surface area contributed by atoms with E-state index in [-0.39, 0.29) is 18.4 Å².